The third-order valence-corrected chi connectivity index (χ3v) is 7.97. The summed E-state index contributed by atoms with van der Waals surface area (Å²) in [6.07, 6.45) is -1.82. The van der Waals surface area contributed by atoms with Crippen LogP contribution in [0.2, 0.25) is 0 Å². The first-order valence-corrected chi connectivity index (χ1v) is 16.6. The van der Waals surface area contributed by atoms with Crippen molar-refractivity contribution in [1.82, 2.24) is 19.1 Å². The fourth-order valence-electron chi connectivity index (χ4n) is 4.88. The molecule has 4 heterocycles. The first kappa shape index (κ1) is 42.7. The molecule has 0 spiro atoms. The number of carboxylic acids is 1. The molecule has 0 unspecified atom stereocenters. The number of nitrogen functional groups attached to an aromatic ring is 1. The third-order valence-electron chi connectivity index (χ3n) is 7.97. The van der Waals surface area contributed by atoms with Crippen molar-refractivity contribution in [2.75, 3.05) is 11.1 Å². The molecule has 17 heteroatoms. The Balaban J connectivity index is 0.000000211. The van der Waals surface area contributed by atoms with Crippen LogP contribution in [0.3, 0.4) is 0 Å². The zero-order valence-corrected chi connectivity index (χ0v) is 30.2. The molecule has 0 aliphatic carbocycles. The predicted molar refractivity (Wildman–Crippen MR) is 200 cm³/mol. The van der Waals surface area contributed by atoms with Crippen molar-refractivity contribution >= 4 is 23.5 Å². The maximum atomic E-state index is 12.6. The summed E-state index contributed by atoms with van der Waals surface area (Å²) in [6.45, 7) is 0. The standard InChI is InChI=1S/C20H16F3N3O2.C13H11F3N2.C7H7NO3/c1-26-12-15(5-9-18(26)27)19(28)25-17-8-4-14(11-24-17)10-13-2-6-16(7-3-13)20(21,22)23;14-13(15,16)11-4-1-9(2-5-11)7-10-3-6-12(17)18-8-10;1-8-4-5(7(10)11)2-3-6(8)9/h2-9,11-12H,10H2,1H3,(H,24,25,28);1-6,8H,7H2,(H2,17,18);2-4H,1H3,(H,10,11). The molecular weight excluding hydrogens is 758 g/mol. The van der Waals surface area contributed by atoms with E-state index in [9.17, 15) is 45.5 Å². The Hall–Kier alpha value is -7.04. The maximum absolute atomic E-state index is 12.6. The molecule has 0 bridgehead atoms. The van der Waals surface area contributed by atoms with E-state index in [0.29, 0.717) is 30.0 Å². The zero-order chi connectivity index (χ0) is 41.9. The zero-order valence-electron chi connectivity index (χ0n) is 30.2. The van der Waals surface area contributed by atoms with E-state index in [2.05, 4.69) is 15.3 Å². The Morgan fingerprint density at radius 3 is 1.42 bits per heavy atom. The van der Waals surface area contributed by atoms with Gasteiger partial charge in [0.15, 0.2) is 0 Å². The van der Waals surface area contributed by atoms with E-state index in [1.165, 1.54) is 77.1 Å². The molecule has 6 rings (SSSR count). The molecule has 296 valence electrons. The van der Waals surface area contributed by atoms with Crippen molar-refractivity contribution in [2.45, 2.75) is 25.2 Å². The number of benzene rings is 2. The molecule has 6 aromatic rings. The fraction of sp³-hybridized carbons (Fsp3) is 0.150. The maximum Gasteiger partial charge on any atom is 0.416 e. The molecule has 4 N–H and O–H groups in total. The molecule has 0 atom stereocenters. The predicted octanol–water partition coefficient (Wildman–Crippen LogP) is 7.00. The van der Waals surface area contributed by atoms with E-state index < -0.39 is 35.4 Å². The number of carboxylic acid groups (broad SMARTS) is 1. The van der Waals surface area contributed by atoms with Crippen LogP contribution in [0.5, 0.6) is 0 Å². The highest BCUT2D eigenvalue weighted by molar-refractivity contribution is 6.03. The Bertz CT molecular complexity index is 2410. The van der Waals surface area contributed by atoms with Crippen LogP contribution in [-0.2, 0) is 39.3 Å². The summed E-state index contributed by atoms with van der Waals surface area (Å²) < 4.78 is 77.4. The molecule has 0 saturated carbocycles. The molecule has 11 nitrogen and oxygen atoms in total. The lowest BCUT2D eigenvalue weighted by Gasteiger charge is -2.08. The second kappa shape index (κ2) is 18.5. The van der Waals surface area contributed by atoms with Crippen molar-refractivity contribution in [2.24, 2.45) is 14.1 Å². The Labute approximate surface area is 320 Å². The number of anilines is 2. The largest absolute Gasteiger partial charge is 0.478 e. The quantitative estimate of drug-likeness (QED) is 0.146. The Morgan fingerprint density at radius 2 is 1.04 bits per heavy atom. The van der Waals surface area contributed by atoms with Crippen molar-refractivity contribution in [3.63, 3.8) is 0 Å². The number of halogens is 6. The van der Waals surface area contributed by atoms with Gasteiger partial charge in [-0.05, 0) is 83.6 Å². The summed E-state index contributed by atoms with van der Waals surface area (Å²) in [6, 6.07) is 22.1. The average Bonchev–Trinajstić information content (AvgIpc) is 3.16. The number of aryl methyl sites for hydroxylation is 2. The van der Waals surface area contributed by atoms with Crippen LogP contribution in [0.4, 0.5) is 38.0 Å². The van der Waals surface area contributed by atoms with Crippen LogP contribution in [0.15, 0.2) is 131 Å². The number of aromatic carboxylic acids is 1. The third kappa shape index (κ3) is 13.0. The van der Waals surface area contributed by atoms with Crippen LogP contribution in [0, 0.1) is 0 Å². The first-order chi connectivity index (χ1) is 26.8. The van der Waals surface area contributed by atoms with Crippen molar-refractivity contribution in [3.05, 3.63) is 187 Å². The number of hydrogen-bond donors (Lipinski definition) is 3. The molecule has 57 heavy (non-hydrogen) atoms. The van der Waals surface area contributed by atoms with Crippen molar-refractivity contribution in [1.29, 1.82) is 0 Å². The molecule has 0 aliphatic heterocycles. The van der Waals surface area contributed by atoms with E-state index in [0.717, 1.165) is 46.5 Å². The van der Waals surface area contributed by atoms with E-state index in [4.69, 9.17) is 10.8 Å². The minimum atomic E-state index is -4.36. The minimum absolute atomic E-state index is 0.118. The first-order valence-electron chi connectivity index (χ1n) is 16.6. The lowest BCUT2D eigenvalue weighted by atomic mass is 10.0. The van der Waals surface area contributed by atoms with Gasteiger partial charge in [0.05, 0.1) is 22.3 Å². The molecule has 1 amide bonds. The van der Waals surface area contributed by atoms with Crippen molar-refractivity contribution < 1.29 is 41.0 Å². The molecule has 0 radical (unpaired) electrons. The summed E-state index contributed by atoms with van der Waals surface area (Å²) in [5.41, 5.74) is 7.35. The SMILES string of the molecule is Cn1cc(C(=O)Nc2ccc(Cc3ccc(C(F)(F)F)cc3)cn2)ccc1=O.Cn1cc(C(=O)O)ccc1=O.Nc1ccc(Cc2ccc(C(F)(F)F)cc2)cn1. The number of hydrogen-bond acceptors (Lipinski definition) is 7. The monoisotopic (exact) mass is 792 g/mol. The summed E-state index contributed by atoms with van der Waals surface area (Å²) in [5.74, 6) is -0.680. The van der Waals surface area contributed by atoms with Crippen molar-refractivity contribution in [3.8, 4) is 0 Å². The lowest BCUT2D eigenvalue weighted by Crippen LogP contribution is -2.19. The number of carbonyl (C=O) groups is 2. The van der Waals surface area contributed by atoms with Gasteiger partial charge in [-0.3, -0.25) is 14.4 Å². The highest BCUT2D eigenvalue weighted by Crippen LogP contribution is 2.30. The van der Waals surface area contributed by atoms with Crippen LogP contribution < -0.4 is 22.2 Å². The number of aromatic nitrogens is 4. The minimum Gasteiger partial charge on any atom is -0.478 e. The van der Waals surface area contributed by atoms with Crippen LogP contribution >= 0.6 is 0 Å². The number of alkyl halides is 6. The molecular formula is C40H34F6N6O5. The second-order valence-corrected chi connectivity index (χ2v) is 12.4. The number of amides is 1. The van der Waals surface area contributed by atoms with Gasteiger partial charge in [0, 0.05) is 51.0 Å². The number of nitrogens with one attached hydrogen (secondary N) is 1. The van der Waals surface area contributed by atoms with Gasteiger partial charge in [-0.25, -0.2) is 14.8 Å². The van der Waals surface area contributed by atoms with Gasteiger partial charge in [-0.15, -0.1) is 0 Å². The highest BCUT2D eigenvalue weighted by atomic mass is 19.4. The Morgan fingerprint density at radius 1 is 0.614 bits per heavy atom. The number of nitrogens with zero attached hydrogens (tertiary/aromatic N) is 4. The van der Waals surface area contributed by atoms with Gasteiger partial charge >= 0.3 is 18.3 Å². The normalized spacial score (nSPS) is 11.0. The van der Waals surface area contributed by atoms with Gasteiger partial charge in [-0.2, -0.15) is 26.3 Å². The summed E-state index contributed by atoms with van der Waals surface area (Å²) in [4.78, 5) is 52.8. The van der Waals surface area contributed by atoms with Gasteiger partial charge < -0.3 is 25.3 Å². The van der Waals surface area contributed by atoms with E-state index in [1.54, 1.807) is 43.7 Å². The van der Waals surface area contributed by atoms with Crippen LogP contribution in [-0.4, -0.2) is 36.1 Å². The summed E-state index contributed by atoms with van der Waals surface area (Å²) in [5, 5.41) is 11.1. The number of pyridine rings is 4. The lowest BCUT2D eigenvalue weighted by molar-refractivity contribution is -0.138. The second-order valence-electron chi connectivity index (χ2n) is 12.4. The van der Waals surface area contributed by atoms with E-state index >= 15 is 0 Å². The van der Waals surface area contributed by atoms with Crippen LogP contribution in [0.1, 0.15) is 54.1 Å². The van der Waals surface area contributed by atoms with Gasteiger partial charge in [0.1, 0.15) is 11.6 Å². The molecule has 0 fully saturated rings. The number of rotatable bonds is 7. The molecule has 0 saturated heterocycles. The molecule has 0 aliphatic rings. The van der Waals surface area contributed by atoms with Crippen LogP contribution in [0.25, 0.3) is 0 Å². The number of carbonyl (C=O) groups excluding carboxylic acids is 1. The molecule has 4 aromatic heterocycles. The van der Waals surface area contributed by atoms with Gasteiger partial charge in [-0.1, -0.05) is 36.4 Å². The molecule has 2 aromatic carbocycles. The Kier molecular flexibility index (Phi) is 13.9. The van der Waals surface area contributed by atoms with E-state index in [1.807, 2.05) is 0 Å². The average molecular weight is 793 g/mol. The number of nitrogens with two attached hydrogens (primary N) is 1. The van der Waals surface area contributed by atoms with E-state index in [-0.39, 0.29) is 16.7 Å². The summed E-state index contributed by atoms with van der Waals surface area (Å²) in [7, 11) is 3.06. The topological polar surface area (TPSA) is 162 Å². The van der Waals surface area contributed by atoms with Gasteiger partial charge in [0.25, 0.3) is 5.91 Å². The summed E-state index contributed by atoms with van der Waals surface area (Å²) >= 11 is 0. The van der Waals surface area contributed by atoms with Gasteiger partial charge in [0.2, 0.25) is 11.1 Å². The highest BCUT2D eigenvalue weighted by Gasteiger charge is 2.30. The fourth-order valence-corrected chi connectivity index (χ4v) is 4.88. The smallest absolute Gasteiger partial charge is 0.416 e.